The summed E-state index contributed by atoms with van der Waals surface area (Å²) in [6, 6.07) is 12.5. The summed E-state index contributed by atoms with van der Waals surface area (Å²) in [6.45, 7) is 2.26. The van der Waals surface area contributed by atoms with E-state index in [0.29, 0.717) is 5.75 Å². The van der Waals surface area contributed by atoms with Gasteiger partial charge in [0.25, 0.3) is 0 Å². The Morgan fingerprint density at radius 3 is 2.38 bits per heavy atom. The lowest BCUT2D eigenvalue weighted by molar-refractivity contribution is 0.411. The van der Waals surface area contributed by atoms with Gasteiger partial charge in [-0.1, -0.05) is 29.8 Å². The highest BCUT2D eigenvalue weighted by Gasteiger charge is 2.15. The summed E-state index contributed by atoms with van der Waals surface area (Å²) in [6.07, 6.45) is 0. The molecule has 1 N–H and O–H groups in total. The van der Waals surface area contributed by atoms with Gasteiger partial charge >= 0.3 is 0 Å². The quantitative estimate of drug-likeness (QED) is 0.761. The molecule has 0 saturated heterocycles. The minimum atomic E-state index is -3.53. The maximum absolute atomic E-state index is 12.3. The van der Waals surface area contributed by atoms with Gasteiger partial charge in [0, 0.05) is 6.54 Å². The molecule has 0 amide bonds. The van der Waals surface area contributed by atoms with Crippen molar-refractivity contribution in [2.75, 3.05) is 7.11 Å². The van der Waals surface area contributed by atoms with Crippen LogP contribution in [0.25, 0.3) is 0 Å². The fourth-order valence-electron chi connectivity index (χ4n) is 1.78. The van der Waals surface area contributed by atoms with Gasteiger partial charge in [-0.2, -0.15) is 0 Å². The molecule has 0 saturated carbocycles. The minimum Gasteiger partial charge on any atom is -0.496 e. The first-order valence-electron chi connectivity index (χ1n) is 6.31. The third kappa shape index (κ3) is 4.18. The predicted molar refractivity (Wildman–Crippen MR) is 90.9 cm³/mol. The van der Waals surface area contributed by atoms with Crippen molar-refractivity contribution in [1.29, 1.82) is 0 Å². The largest absolute Gasteiger partial charge is 0.496 e. The van der Waals surface area contributed by atoms with Crippen LogP contribution in [0.3, 0.4) is 0 Å². The van der Waals surface area contributed by atoms with Crippen molar-refractivity contribution in [2.45, 2.75) is 18.4 Å². The molecule has 0 aliphatic rings. The Morgan fingerprint density at radius 2 is 1.81 bits per heavy atom. The van der Waals surface area contributed by atoms with E-state index in [1.54, 1.807) is 25.3 Å². The van der Waals surface area contributed by atoms with Crippen LogP contribution in [0, 0.1) is 10.5 Å². The Kier molecular flexibility index (Phi) is 5.23. The lowest BCUT2D eigenvalue weighted by Crippen LogP contribution is -2.23. The Balaban J connectivity index is 2.14. The van der Waals surface area contributed by atoms with Crippen LogP contribution < -0.4 is 9.46 Å². The van der Waals surface area contributed by atoms with Gasteiger partial charge in [0.2, 0.25) is 10.0 Å². The van der Waals surface area contributed by atoms with Crippen molar-refractivity contribution in [1.82, 2.24) is 4.72 Å². The van der Waals surface area contributed by atoms with Crippen LogP contribution in [0.4, 0.5) is 0 Å². The van der Waals surface area contributed by atoms with E-state index in [-0.39, 0.29) is 11.4 Å². The zero-order chi connectivity index (χ0) is 15.5. The third-order valence-corrected chi connectivity index (χ3v) is 5.26. The van der Waals surface area contributed by atoms with E-state index in [0.717, 1.165) is 14.7 Å². The first-order chi connectivity index (χ1) is 9.92. The number of benzene rings is 2. The van der Waals surface area contributed by atoms with Gasteiger partial charge in [0.15, 0.2) is 0 Å². The van der Waals surface area contributed by atoms with E-state index in [1.807, 2.05) is 31.2 Å². The predicted octanol–water partition coefficient (Wildman–Crippen LogP) is 3.09. The maximum Gasteiger partial charge on any atom is 0.240 e. The zero-order valence-electron chi connectivity index (χ0n) is 11.8. The van der Waals surface area contributed by atoms with E-state index < -0.39 is 10.0 Å². The molecule has 0 fully saturated rings. The molecule has 21 heavy (non-hydrogen) atoms. The number of rotatable bonds is 5. The van der Waals surface area contributed by atoms with E-state index >= 15 is 0 Å². The minimum absolute atomic E-state index is 0.236. The molecule has 0 aromatic heterocycles. The molecular weight excluding hydrogens is 401 g/mol. The van der Waals surface area contributed by atoms with Crippen molar-refractivity contribution < 1.29 is 13.2 Å². The molecule has 2 rings (SSSR count). The fourth-order valence-corrected chi connectivity index (χ4v) is 3.77. The standard InChI is InChI=1S/C15H16INO3S/c1-11-3-5-12(6-4-11)10-17-21(18,19)13-7-8-15(20-2)14(16)9-13/h3-9,17H,10H2,1-2H3. The molecule has 4 nitrogen and oxygen atoms in total. The number of ether oxygens (including phenoxy) is 1. The lowest BCUT2D eigenvalue weighted by atomic mass is 10.2. The lowest BCUT2D eigenvalue weighted by Gasteiger charge is -2.09. The van der Waals surface area contributed by atoms with Gasteiger partial charge < -0.3 is 4.74 Å². The van der Waals surface area contributed by atoms with Crippen molar-refractivity contribution in [3.63, 3.8) is 0 Å². The van der Waals surface area contributed by atoms with Gasteiger partial charge in [-0.25, -0.2) is 13.1 Å². The number of hydrogen-bond donors (Lipinski definition) is 1. The summed E-state index contributed by atoms with van der Waals surface area (Å²) in [5.41, 5.74) is 2.07. The molecule has 0 aliphatic heterocycles. The average Bonchev–Trinajstić information content (AvgIpc) is 2.46. The molecule has 0 bridgehead atoms. The van der Waals surface area contributed by atoms with E-state index in [2.05, 4.69) is 27.3 Å². The van der Waals surface area contributed by atoms with E-state index in [4.69, 9.17) is 4.74 Å². The molecule has 0 heterocycles. The first-order valence-corrected chi connectivity index (χ1v) is 8.87. The second kappa shape index (κ2) is 6.76. The van der Waals surface area contributed by atoms with E-state index in [9.17, 15) is 8.42 Å². The van der Waals surface area contributed by atoms with Crippen LogP contribution in [0.15, 0.2) is 47.4 Å². The summed E-state index contributed by atoms with van der Waals surface area (Å²) in [5.74, 6) is 0.660. The molecule has 6 heteroatoms. The highest BCUT2D eigenvalue weighted by atomic mass is 127. The van der Waals surface area contributed by atoms with Crippen LogP contribution in [-0.4, -0.2) is 15.5 Å². The number of aryl methyl sites for hydroxylation is 1. The number of methoxy groups -OCH3 is 1. The number of nitrogens with one attached hydrogen (secondary N) is 1. The van der Waals surface area contributed by atoms with Crippen molar-refractivity contribution in [3.05, 3.63) is 57.2 Å². The molecular formula is C15H16INO3S. The van der Waals surface area contributed by atoms with Gasteiger partial charge in [-0.3, -0.25) is 0 Å². The monoisotopic (exact) mass is 417 g/mol. The second-order valence-electron chi connectivity index (χ2n) is 4.61. The van der Waals surface area contributed by atoms with Crippen LogP contribution >= 0.6 is 22.6 Å². The molecule has 112 valence electrons. The Morgan fingerprint density at radius 1 is 1.14 bits per heavy atom. The molecule has 2 aromatic carbocycles. The summed E-state index contributed by atoms with van der Waals surface area (Å²) in [7, 11) is -1.97. The van der Waals surface area contributed by atoms with Crippen molar-refractivity contribution >= 4 is 32.6 Å². The highest BCUT2D eigenvalue weighted by Crippen LogP contribution is 2.23. The van der Waals surface area contributed by atoms with Gasteiger partial charge in [-0.05, 0) is 53.3 Å². The normalized spacial score (nSPS) is 11.4. The Bertz CT molecular complexity index is 727. The summed E-state index contributed by atoms with van der Waals surface area (Å²) in [4.78, 5) is 0.236. The number of hydrogen-bond acceptors (Lipinski definition) is 3. The molecule has 0 unspecified atom stereocenters. The average molecular weight is 417 g/mol. The smallest absolute Gasteiger partial charge is 0.240 e. The SMILES string of the molecule is COc1ccc(S(=O)(=O)NCc2ccc(C)cc2)cc1I. The summed E-state index contributed by atoms with van der Waals surface area (Å²) < 4.78 is 33.0. The van der Waals surface area contributed by atoms with Gasteiger partial charge in [0.05, 0.1) is 15.6 Å². The molecule has 0 aliphatic carbocycles. The van der Waals surface area contributed by atoms with Crippen molar-refractivity contribution in [2.24, 2.45) is 0 Å². The van der Waals surface area contributed by atoms with E-state index in [1.165, 1.54) is 0 Å². The number of halogens is 1. The Hall–Kier alpha value is -1.12. The molecule has 2 aromatic rings. The molecule has 0 spiro atoms. The third-order valence-electron chi connectivity index (χ3n) is 3.02. The molecule has 0 atom stereocenters. The first kappa shape index (κ1) is 16.3. The number of sulfonamides is 1. The van der Waals surface area contributed by atoms with Crippen molar-refractivity contribution in [3.8, 4) is 5.75 Å². The fraction of sp³-hybridized carbons (Fsp3) is 0.200. The van der Waals surface area contributed by atoms with Gasteiger partial charge in [-0.15, -0.1) is 0 Å². The second-order valence-corrected chi connectivity index (χ2v) is 7.54. The molecule has 0 radical (unpaired) electrons. The van der Waals surface area contributed by atoms with Crippen LogP contribution in [0.5, 0.6) is 5.75 Å². The maximum atomic E-state index is 12.3. The topological polar surface area (TPSA) is 55.4 Å². The summed E-state index contributed by atoms with van der Waals surface area (Å²) >= 11 is 2.05. The van der Waals surface area contributed by atoms with Gasteiger partial charge in [0.1, 0.15) is 5.75 Å². The van der Waals surface area contributed by atoms with Crippen LogP contribution in [0.1, 0.15) is 11.1 Å². The Labute approximate surface area is 138 Å². The van der Waals surface area contributed by atoms with Crippen LogP contribution in [0.2, 0.25) is 0 Å². The highest BCUT2D eigenvalue weighted by molar-refractivity contribution is 14.1. The zero-order valence-corrected chi connectivity index (χ0v) is 14.7. The summed E-state index contributed by atoms with van der Waals surface area (Å²) in [5, 5.41) is 0. The van der Waals surface area contributed by atoms with Crippen LogP contribution in [-0.2, 0) is 16.6 Å².